The number of hydrogen-bond acceptors (Lipinski definition) is 7. The summed E-state index contributed by atoms with van der Waals surface area (Å²) in [7, 11) is 1.80. The van der Waals surface area contributed by atoms with Crippen LogP contribution < -0.4 is 14.8 Å². The van der Waals surface area contributed by atoms with Crippen LogP contribution in [0.4, 0.5) is 4.79 Å². The topological polar surface area (TPSA) is 101 Å². The average molecular weight is 443 g/mol. The van der Waals surface area contributed by atoms with Crippen molar-refractivity contribution in [3.05, 3.63) is 24.3 Å². The van der Waals surface area contributed by atoms with Crippen molar-refractivity contribution in [2.24, 2.45) is 13.0 Å². The third-order valence-electron chi connectivity index (χ3n) is 4.86. The van der Waals surface area contributed by atoms with E-state index in [1.807, 2.05) is 45.9 Å². The van der Waals surface area contributed by atoms with E-state index in [4.69, 9.17) is 18.6 Å². The predicted octanol–water partition coefficient (Wildman–Crippen LogP) is 4.31. The van der Waals surface area contributed by atoms with Gasteiger partial charge in [-0.25, -0.2) is 9.78 Å². The SMILES string of the molecule is C[C@@H](COc1cc(-c2nc3ccc(OCC4CC4)cc3o2)n(C)n1)NC(=O)OC(C)(C)C. The number of alkyl carbamates (subject to hydrolysis) is 1. The number of fused-ring (bicyclic) bond motifs is 1. The van der Waals surface area contributed by atoms with Gasteiger partial charge in [-0.1, -0.05) is 0 Å². The summed E-state index contributed by atoms with van der Waals surface area (Å²) >= 11 is 0. The molecular weight excluding hydrogens is 412 g/mol. The molecule has 0 saturated heterocycles. The average Bonchev–Trinajstić information content (AvgIpc) is 3.31. The van der Waals surface area contributed by atoms with Crippen LogP contribution in [0.5, 0.6) is 11.6 Å². The smallest absolute Gasteiger partial charge is 0.407 e. The van der Waals surface area contributed by atoms with Crippen LogP contribution in [0, 0.1) is 5.92 Å². The van der Waals surface area contributed by atoms with Crippen molar-refractivity contribution >= 4 is 17.2 Å². The molecule has 4 rings (SSSR count). The summed E-state index contributed by atoms with van der Waals surface area (Å²) in [5.74, 6) is 2.33. The summed E-state index contributed by atoms with van der Waals surface area (Å²) in [5, 5.41) is 7.11. The van der Waals surface area contributed by atoms with Crippen LogP contribution in [0.2, 0.25) is 0 Å². The highest BCUT2D eigenvalue weighted by atomic mass is 16.6. The summed E-state index contributed by atoms with van der Waals surface area (Å²) in [6.45, 7) is 8.27. The van der Waals surface area contributed by atoms with Crippen molar-refractivity contribution in [1.82, 2.24) is 20.1 Å². The molecule has 1 N–H and O–H groups in total. The van der Waals surface area contributed by atoms with Crippen molar-refractivity contribution in [1.29, 1.82) is 0 Å². The number of carbonyl (C=O) groups is 1. The quantitative estimate of drug-likeness (QED) is 0.555. The van der Waals surface area contributed by atoms with E-state index in [-0.39, 0.29) is 12.6 Å². The van der Waals surface area contributed by atoms with E-state index in [0.717, 1.165) is 17.9 Å². The first-order chi connectivity index (χ1) is 15.2. The van der Waals surface area contributed by atoms with Gasteiger partial charge >= 0.3 is 6.09 Å². The Morgan fingerprint density at radius 3 is 2.78 bits per heavy atom. The number of ether oxygens (including phenoxy) is 3. The third kappa shape index (κ3) is 5.72. The van der Waals surface area contributed by atoms with Crippen LogP contribution in [0.15, 0.2) is 28.7 Å². The van der Waals surface area contributed by atoms with Gasteiger partial charge in [0.15, 0.2) is 5.58 Å². The molecule has 1 atom stereocenters. The molecule has 1 fully saturated rings. The Hall–Kier alpha value is -3.23. The molecule has 0 radical (unpaired) electrons. The van der Waals surface area contributed by atoms with Crippen molar-refractivity contribution in [3.8, 4) is 23.2 Å². The van der Waals surface area contributed by atoms with Gasteiger partial charge < -0.3 is 23.9 Å². The fourth-order valence-electron chi connectivity index (χ4n) is 3.08. The lowest BCUT2D eigenvalue weighted by Crippen LogP contribution is -2.40. The van der Waals surface area contributed by atoms with Gasteiger partial charge in [0, 0.05) is 19.2 Å². The summed E-state index contributed by atoms with van der Waals surface area (Å²) in [4.78, 5) is 16.4. The largest absolute Gasteiger partial charge is 0.493 e. The Bertz CT molecular complexity index is 1090. The molecular formula is C23H30N4O5. The van der Waals surface area contributed by atoms with Gasteiger partial charge in [-0.3, -0.25) is 4.68 Å². The fourth-order valence-corrected chi connectivity index (χ4v) is 3.08. The van der Waals surface area contributed by atoms with Crippen molar-refractivity contribution in [3.63, 3.8) is 0 Å². The second-order valence-corrected chi connectivity index (χ2v) is 9.25. The van der Waals surface area contributed by atoms with Crippen LogP contribution in [-0.4, -0.2) is 45.7 Å². The molecule has 0 spiro atoms. The molecule has 2 heterocycles. The number of oxazole rings is 1. The van der Waals surface area contributed by atoms with E-state index in [1.54, 1.807) is 17.8 Å². The minimum absolute atomic E-state index is 0.241. The monoisotopic (exact) mass is 442 g/mol. The number of amides is 1. The number of nitrogens with zero attached hydrogens (tertiary/aromatic N) is 3. The lowest BCUT2D eigenvalue weighted by Gasteiger charge is -2.21. The molecule has 2 aromatic heterocycles. The maximum Gasteiger partial charge on any atom is 0.407 e. The summed E-state index contributed by atoms with van der Waals surface area (Å²) in [6, 6.07) is 7.17. The van der Waals surface area contributed by atoms with E-state index in [1.165, 1.54) is 12.8 Å². The predicted molar refractivity (Wildman–Crippen MR) is 119 cm³/mol. The van der Waals surface area contributed by atoms with Crippen LogP contribution in [0.3, 0.4) is 0 Å². The van der Waals surface area contributed by atoms with Gasteiger partial charge in [-0.15, -0.1) is 5.10 Å². The molecule has 32 heavy (non-hydrogen) atoms. The lowest BCUT2D eigenvalue weighted by atomic mass is 10.2. The number of benzene rings is 1. The zero-order valence-corrected chi connectivity index (χ0v) is 19.2. The number of hydrogen-bond donors (Lipinski definition) is 1. The van der Waals surface area contributed by atoms with E-state index in [2.05, 4.69) is 15.4 Å². The van der Waals surface area contributed by atoms with Gasteiger partial charge in [0.05, 0.1) is 12.6 Å². The molecule has 0 bridgehead atoms. The molecule has 9 nitrogen and oxygen atoms in total. The van der Waals surface area contributed by atoms with Gasteiger partial charge in [-0.05, 0) is 58.6 Å². The molecule has 1 aromatic carbocycles. The minimum atomic E-state index is -0.551. The van der Waals surface area contributed by atoms with Gasteiger partial charge in [0.1, 0.15) is 29.2 Å². The Morgan fingerprint density at radius 2 is 2.06 bits per heavy atom. The summed E-state index contributed by atoms with van der Waals surface area (Å²) in [5.41, 5.74) is 1.54. The van der Waals surface area contributed by atoms with Gasteiger partial charge in [-0.2, -0.15) is 0 Å². The molecule has 1 amide bonds. The highest BCUT2D eigenvalue weighted by molar-refractivity contribution is 5.77. The molecule has 172 valence electrons. The zero-order chi connectivity index (χ0) is 22.9. The van der Waals surface area contributed by atoms with Crippen molar-refractivity contribution in [2.75, 3.05) is 13.2 Å². The molecule has 0 unspecified atom stereocenters. The summed E-state index contributed by atoms with van der Waals surface area (Å²) < 4.78 is 24.4. The van der Waals surface area contributed by atoms with E-state index >= 15 is 0 Å². The standard InChI is InChI=1S/C23H30N4O5/c1-14(24-22(28)32-23(2,3)4)12-30-20-11-18(27(5)26-20)21-25-17-9-8-16(10-19(17)31-21)29-13-15-6-7-15/h8-11,14-15H,6-7,12-13H2,1-5H3,(H,24,28)/t14-/m0/s1. The second-order valence-electron chi connectivity index (χ2n) is 9.25. The molecule has 0 aliphatic heterocycles. The molecule has 1 saturated carbocycles. The molecule has 1 aliphatic rings. The number of aryl methyl sites for hydroxylation is 1. The summed E-state index contributed by atoms with van der Waals surface area (Å²) in [6.07, 6.45) is 2.01. The second kappa shape index (κ2) is 8.72. The van der Waals surface area contributed by atoms with Crippen molar-refractivity contribution in [2.45, 2.75) is 52.2 Å². The molecule has 9 heteroatoms. The zero-order valence-electron chi connectivity index (χ0n) is 19.2. The van der Waals surface area contributed by atoms with Crippen LogP contribution in [-0.2, 0) is 11.8 Å². The lowest BCUT2D eigenvalue weighted by molar-refractivity contribution is 0.0493. The first-order valence-corrected chi connectivity index (χ1v) is 10.9. The Labute approximate surface area is 187 Å². The normalized spacial score (nSPS) is 14.9. The first-order valence-electron chi connectivity index (χ1n) is 10.9. The highest BCUT2D eigenvalue weighted by Crippen LogP contribution is 2.31. The van der Waals surface area contributed by atoms with E-state index in [0.29, 0.717) is 29.0 Å². The molecule has 3 aromatic rings. The van der Waals surface area contributed by atoms with Crippen LogP contribution in [0.1, 0.15) is 40.5 Å². The van der Waals surface area contributed by atoms with E-state index in [9.17, 15) is 4.79 Å². The number of aromatic nitrogens is 3. The van der Waals surface area contributed by atoms with Crippen LogP contribution >= 0.6 is 0 Å². The van der Waals surface area contributed by atoms with Crippen molar-refractivity contribution < 1.29 is 23.4 Å². The highest BCUT2D eigenvalue weighted by Gasteiger charge is 2.22. The van der Waals surface area contributed by atoms with Gasteiger partial charge in [0.25, 0.3) is 0 Å². The Balaban J connectivity index is 1.38. The first kappa shape index (κ1) is 22.0. The van der Waals surface area contributed by atoms with E-state index < -0.39 is 11.7 Å². The van der Waals surface area contributed by atoms with Crippen LogP contribution in [0.25, 0.3) is 22.7 Å². The third-order valence-corrected chi connectivity index (χ3v) is 4.86. The fraction of sp³-hybridized carbons (Fsp3) is 0.522. The molecule has 1 aliphatic carbocycles. The number of nitrogens with one attached hydrogen (secondary N) is 1. The van der Waals surface area contributed by atoms with Gasteiger partial charge in [0.2, 0.25) is 11.8 Å². The Morgan fingerprint density at radius 1 is 1.28 bits per heavy atom. The Kier molecular flexibility index (Phi) is 5.99. The maximum absolute atomic E-state index is 11.9. The number of rotatable bonds is 8. The minimum Gasteiger partial charge on any atom is -0.493 e. The maximum atomic E-state index is 11.9. The number of carbonyl (C=O) groups excluding carboxylic acids is 1.